The maximum Gasteiger partial charge on any atom is 0.158 e. The molecule has 78 valence electrons. The topological polar surface area (TPSA) is 17.1 Å². The highest BCUT2D eigenvalue weighted by Crippen LogP contribution is 2.24. The zero-order valence-corrected chi connectivity index (χ0v) is 9.07. The third-order valence-electron chi connectivity index (χ3n) is 2.98. The van der Waals surface area contributed by atoms with E-state index in [0.717, 1.165) is 19.3 Å². The quantitative estimate of drug-likeness (QED) is 0.732. The van der Waals surface area contributed by atoms with E-state index in [-0.39, 0.29) is 5.92 Å². The summed E-state index contributed by atoms with van der Waals surface area (Å²) in [4.78, 5) is 11.3. The Bertz CT molecular complexity index is 376. The van der Waals surface area contributed by atoms with Crippen molar-refractivity contribution in [2.24, 2.45) is 5.92 Å². The Labute approximate surface area is 90.8 Å². The van der Waals surface area contributed by atoms with Crippen LogP contribution in [0, 0.1) is 5.92 Å². The summed E-state index contributed by atoms with van der Waals surface area (Å²) in [5, 5.41) is 0. The van der Waals surface area contributed by atoms with E-state index >= 15 is 0 Å². The zero-order chi connectivity index (χ0) is 10.7. The molecule has 0 bridgehead atoms. The van der Waals surface area contributed by atoms with Gasteiger partial charge in [0, 0.05) is 5.92 Å². The van der Waals surface area contributed by atoms with E-state index in [1.807, 2.05) is 19.1 Å². The SMILES string of the molecule is C[C@H]1CC(CCc2ccccc2)=CC1=O. The molecule has 0 N–H and O–H groups in total. The van der Waals surface area contributed by atoms with Crippen LogP contribution in [0.4, 0.5) is 0 Å². The summed E-state index contributed by atoms with van der Waals surface area (Å²) in [6.45, 7) is 2.01. The fraction of sp³-hybridized carbons (Fsp3) is 0.357. The molecule has 1 nitrogen and oxygen atoms in total. The van der Waals surface area contributed by atoms with E-state index in [1.54, 1.807) is 0 Å². The molecular formula is C14H16O. The molecule has 2 rings (SSSR count). The van der Waals surface area contributed by atoms with Gasteiger partial charge in [-0.15, -0.1) is 0 Å². The summed E-state index contributed by atoms with van der Waals surface area (Å²) in [6.07, 6.45) is 4.88. The van der Waals surface area contributed by atoms with Crippen molar-refractivity contribution in [3.63, 3.8) is 0 Å². The summed E-state index contributed by atoms with van der Waals surface area (Å²) in [7, 11) is 0. The Balaban J connectivity index is 1.90. The van der Waals surface area contributed by atoms with Crippen molar-refractivity contribution in [1.29, 1.82) is 0 Å². The Morgan fingerprint density at radius 1 is 1.20 bits per heavy atom. The summed E-state index contributed by atoms with van der Waals surface area (Å²) in [5.74, 6) is 0.522. The van der Waals surface area contributed by atoms with Crippen molar-refractivity contribution < 1.29 is 4.79 Å². The Hall–Kier alpha value is -1.37. The molecule has 1 aromatic carbocycles. The number of hydrogen-bond donors (Lipinski definition) is 0. The molecule has 0 saturated heterocycles. The highest BCUT2D eigenvalue weighted by molar-refractivity contribution is 5.94. The van der Waals surface area contributed by atoms with E-state index in [4.69, 9.17) is 0 Å². The highest BCUT2D eigenvalue weighted by atomic mass is 16.1. The third kappa shape index (κ3) is 2.56. The summed E-state index contributed by atoms with van der Waals surface area (Å²) < 4.78 is 0. The second-order valence-corrected chi connectivity index (χ2v) is 4.30. The van der Waals surface area contributed by atoms with Crippen molar-refractivity contribution in [1.82, 2.24) is 0 Å². The molecular weight excluding hydrogens is 184 g/mol. The van der Waals surface area contributed by atoms with Gasteiger partial charge in [0.25, 0.3) is 0 Å². The molecule has 0 aromatic heterocycles. The van der Waals surface area contributed by atoms with Crippen LogP contribution in [0.25, 0.3) is 0 Å². The first-order valence-corrected chi connectivity index (χ1v) is 5.53. The average Bonchev–Trinajstić information content (AvgIpc) is 2.57. The first kappa shape index (κ1) is 10.2. The van der Waals surface area contributed by atoms with Crippen LogP contribution < -0.4 is 0 Å². The van der Waals surface area contributed by atoms with E-state index < -0.39 is 0 Å². The van der Waals surface area contributed by atoms with Crippen LogP contribution in [0.2, 0.25) is 0 Å². The smallest absolute Gasteiger partial charge is 0.158 e. The molecule has 0 saturated carbocycles. The predicted molar refractivity (Wildman–Crippen MR) is 61.6 cm³/mol. The lowest BCUT2D eigenvalue weighted by molar-refractivity contribution is -0.116. The van der Waals surface area contributed by atoms with Gasteiger partial charge in [-0.1, -0.05) is 42.8 Å². The van der Waals surface area contributed by atoms with Gasteiger partial charge >= 0.3 is 0 Å². The van der Waals surface area contributed by atoms with Crippen LogP contribution in [0.15, 0.2) is 42.0 Å². The molecule has 0 heterocycles. The lowest BCUT2D eigenvalue weighted by Crippen LogP contribution is -1.99. The van der Waals surface area contributed by atoms with Gasteiger partial charge in [0.2, 0.25) is 0 Å². The fourth-order valence-corrected chi connectivity index (χ4v) is 2.02. The van der Waals surface area contributed by atoms with Crippen LogP contribution in [0.1, 0.15) is 25.3 Å². The van der Waals surface area contributed by atoms with Crippen molar-refractivity contribution in [3.05, 3.63) is 47.5 Å². The fourth-order valence-electron chi connectivity index (χ4n) is 2.02. The lowest BCUT2D eigenvalue weighted by Gasteiger charge is -2.03. The predicted octanol–water partition coefficient (Wildman–Crippen LogP) is 3.15. The zero-order valence-electron chi connectivity index (χ0n) is 9.07. The van der Waals surface area contributed by atoms with Crippen LogP contribution >= 0.6 is 0 Å². The Morgan fingerprint density at radius 3 is 2.53 bits per heavy atom. The van der Waals surface area contributed by atoms with Crippen LogP contribution in [-0.2, 0) is 11.2 Å². The van der Waals surface area contributed by atoms with Crippen molar-refractivity contribution in [2.75, 3.05) is 0 Å². The highest BCUT2D eigenvalue weighted by Gasteiger charge is 2.19. The number of carbonyl (C=O) groups excluding carboxylic acids is 1. The molecule has 15 heavy (non-hydrogen) atoms. The molecule has 1 heteroatoms. The van der Waals surface area contributed by atoms with Gasteiger partial charge in [-0.25, -0.2) is 0 Å². The van der Waals surface area contributed by atoms with E-state index in [1.165, 1.54) is 11.1 Å². The molecule has 0 amide bonds. The van der Waals surface area contributed by atoms with E-state index in [0.29, 0.717) is 5.78 Å². The van der Waals surface area contributed by atoms with Crippen LogP contribution in [0.5, 0.6) is 0 Å². The van der Waals surface area contributed by atoms with Gasteiger partial charge in [-0.05, 0) is 30.9 Å². The minimum atomic E-state index is 0.218. The minimum Gasteiger partial charge on any atom is -0.295 e. The second kappa shape index (κ2) is 4.43. The number of allylic oxidation sites excluding steroid dienone is 2. The van der Waals surface area contributed by atoms with Crippen molar-refractivity contribution in [2.45, 2.75) is 26.2 Å². The number of ketones is 1. The van der Waals surface area contributed by atoms with Gasteiger partial charge in [0.1, 0.15) is 0 Å². The minimum absolute atomic E-state index is 0.218. The van der Waals surface area contributed by atoms with Gasteiger partial charge in [-0.3, -0.25) is 4.79 Å². The summed E-state index contributed by atoms with van der Waals surface area (Å²) >= 11 is 0. The van der Waals surface area contributed by atoms with Gasteiger partial charge in [0.15, 0.2) is 5.78 Å². The molecule has 0 unspecified atom stereocenters. The molecule has 0 spiro atoms. The van der Waals surface area contributed by atoms with Gasteiger partial charge in [-0.2, -0.15) is 0 Å². The molecule has 0 fully saturated rings. The van der Waals surface area contributed by atoms with E-state index in [9.17, 15) is 4.79 Å². The number of aryl methyl sites for hydroxylation is 1. The first-order chi connectivity index (χ1) is 7.25. The average molecular weight is 200 g/mol. The van der Waals surface area contributed by atoms with E-state index in [2.05, 4.69) is 24.3 Å². The molecule has 0 aliphatic heterocycles. The van der Waals surface area contributed by atoms with Gasteiger partial charge in [0.05, 0.1) is 0 Å². The Morgan fingerprint density at radius 2 is 1.93 bits per heavy atom. The van der Waals surface area contributed by atoms with Crippen molar-refractivity contribution >= 4 is 5.78 Å². The maximum atomic E-state index is 11.3. The monoisotopic (exact) mass is 200 g/mol. The van der Waals surface area contributed by atoms with Gasteiger partial charge < -0.3 is 0 Å². The second-order valence-electron chi connectivity index (χ2n) is 4.30. The number of hydrogen-bond acceptors (Lipinski definition) is 1. The number of rotatable bonds is 3. The third-order valence-corrected chi connectivity index (χ3v) is 2.98. The molecule has 0 radical (unpaired) electrons. The molecule has 1 aromatic rings. The molecule has 1 atom stereocenters. The first-order valence-electron chi connectivity index (χ1n) is 5.53. The molecule has 1 aliphatic rings. The van der Waals surface area contributed by atoms with Crippen LogP contribution in [0.3, 0.4) is 0 Å². The Kier molecular flexibility index (Phi) is 3.00. The van der Waals surface area contributed by atoms with Crippen molar-refractivity contribution in [3.8, 4) is 0 Å². The standard InChI is InChI=1S/C14H16O/c1-11-9-13(10-14(11)15)8-7-12-5-3-2-4-6-12/h2-6,10-11H,7-9H2,1H3/t11-/m0/s1. The summed E-state index contributed by atoms with van der Waals surface area (Å²) in [6, 6.07) is 10.4. The molecule has 1 aliphatic carbocycles. The largest absolute Gasteiger partial charge is 0.295 e. The summed E-state index contributed by atoms with van der Waals surface area (Å²) in [5.41, 5.74) is 2.67. The normalized spacial score (nSPS) is 20.5. The maximum absolute atomic E-state index is 11.3. The lowest BCUT2D eigenvalue weighted by atomic mass is 10.0. The van der Waals surface area contributed by atoms with Crippen LogP contribution in [-0.4, -0.2) is 5.78 Å². The number of benzene rings is 1. The number of carbonyl (C=O) groups is 1.